The summed E-state index contributed by atoms with van der Waals surface area (Å²) in [4.78, 5) is 25.0. The van der Waals surface area contributed by atoms with Crippen molar-refractivity contribution in [3.8, 4) is 0 Å². The number of thioether (sulfide) groups is 1. The van der Waals surface area contributed by atoms with Crippen molar-refractivity contribution in [3.63, 3.8) is 0 Å². The van der Waals surface area contributed by atoms with Gasteiger partial charge in [-0.15, -0.1) is 11.8 Å². The Balaban J connectivity index is 2.08. The lowest BCUT2D eigenvalue weighted by Crippen LogP contribution is -2.46. The van der Waals surface area contributed by atoms with Gasteiger partial charge in [0.05, 0.1) is 11.0 Å². The number of carboxylic acids is 1. The number of aliphatic carboxylic acids is 1. The first-order chi connectivity index (χ1) is 10.9. The highest BCUT2D eigenvalue weighted by molar-refractivity contribution is 8.00. The van der Waals surface area contributed by atoms with E-state index in [0.29, 0.717) is 36.9 Å². The minimum atomic E-state index is -0.923. The molecule has 1 saturated heterocycles. The van der Waals surface area contributed by atoms with Gasteiger partial charge in [0.1, 0.15) is 0 Å². The number of benzene rings is 1. The Kier molecular flexibility index (Phi) is 6.07. The molecule has 1 amide bonds. The third-order valence-corrected chi connectivity index (χ3v) is 5.07. The first kappa shape index (κ1) is 17.8. The van der Waals surface area contributed by atoms with Crippen molar-refractivity contribution in [2.45, 2.75) is 36.8 Å². The number of carbonyl (C=O) groups is 2. The van der Waals surface area contributed by atoms with E-state index < -0.39 is 11.4 Å². The number of ether oxygens (including phenoxy) is 1. The molecule has 1 aromatic carbocycles. The van der Waals surface area contributed by atoms with Crippen LogP contribution in [0.2, 0.25) is 0 Å². The summed E-state index contributed by atoms with van der Waals surface area (Å²) in [5.74, 6) is -1.09. The normalized spacial score (nSPS) is 17.0. The molecule has 5 nitrogen and oxygen atoms in total. The molecule has 0 saturated carbocycles. The van der Waals surface area contributed by atoms with Crippen molar-refractivity contribution >= 4 is 23.6 Å². The smallest absolute Gasteiger partial charge is 0.311 e. The van der Waals surface area contributed by atoms with Gasteiger partial charge in [-0.25, -0.2) is 0 Å². The molecule has 23 heavy (non-hydrogen) atoms. The molecule has 0 atom stereocenters. The number of hydrogen-bond acceptors (Lipinski definition) is 4. The van der Waals surface area contributed by atoms with Crippen molar-refractivity contribution in [2.75, 3.05) is 19.8 Å². The Morgan fingerprint density at radius 2 is 1.96 bits per heavy atom. The minimum absolute atomic E-state index is 0.130. The number of nitrogens with one attached hydrogen (secondary N) is 1. The van der Waals surface area contributed by atoms with E-state index in [0.717, 1.165) is 4.90 Å². The van der Waals surface area contributed by atoms with Crippen LogP contribution >= 0.6 is 11.8 Å². The second kappa shape index (κ2) is 7.84. The molecule has 0 aromatic heterocycles. The molecule has 1 aliphatic heterocycles. The second-order valence-corrected chi connectivity index (χ2v) is 7.66. The summed E-state index contributed by atoms with van der Waals surface area (Å²) in [6, 6.07) is 7.41. The Morgan fingerprint density at radius 1 is 1.30 bits per heavy atom. The second-order valence-electron chi connectivity index (χ2n) is 6.04. The Morgan fingerprint density at radius 3 is 2.57 bits per heavy atom. The molecule has 1 aliphatic rings. The van der Waals surface area contributed by atoms with Crippen molar-refractivity contribution in [3.05, 3.63) is 29.8 Å². The molecule has 1 fully saturated rings. The maximum atomic E-state index is 12.5. The van der Waals surface area contributed by atoms with Crippen LogP contribution in [0.4, 0.5) is 0 Å². The number of rotatable bonds is 6. The topological polar surface area (TPSA) is 75.6 Å². The van der Waals surface area contributed by atoms with Crippen LogP contribution in [0.15, 0.2) is 29.2 Å². The molecule has 0 aliphatic carbocycles. The van der Waals surface area contributed by atoms with Gasteiger partial charge in [0.25, 0.3) is 5.91 Å². The fraction of sp³-hybridized carbons (Fsp3) is 0.529. The van der Waals surface area contributed by atoms with Gasteiger partial charge in [-0.2, -0.15) is 0 Å². The van der Waals surface area contributed by atoms with E-state index in [2.05, 4.69) is 19.2 Å². The molecular formula is C17H23NO4S. The lowest BCUT2D eigenvalue weighted by atomic mass is 9.80. The molecule has 0 bridgehead atoms. The highest BCUT2D eigenvalue weighted by Crippen LogP contribution is 2.31. The number of amides is 1. The van der Waals surface area contributed by atoms with E-state index in [4.69, 9.17) is 4.74 Å². The zero-order valence-electron chi connectivity index (χ0n) is 13.5. The van der Waals surface area contributed by atoms with Gasteiger partial charge in [-0.05, 0) is 25.0 Å². The molecule has 126 valence electrons. The van der Waals surface area contributed by atoms with E-state index in [1.165, 1.54) is 0 Å². The number of carboxylic acid groups (broad SMARTS) is 1. The third kappa shape index (κ3) is 4.48. The van der Waals surface area contributed by atoms with Crippen molar-refractivity contribution in [2.24, 2.45) is 5.41 Å². The van der Waals surface area contributed by atoms with Crippen LogP contribution in [0.5, 0.6) is 0 Å². The predicted octanol–water partition coefficient (Wildman–Crippen LogP) is 2.80. The molecule has 1 aromatic rings. The first-order valence-electron chi connectivity index (χ1n) is 7.80. The van der Waals surface area contributed by atoms with E-state index >= 15 is 0 Å². The quantitative estimate of drug-likeness (QED) is 0.781. The largest absolute Gasteiger partial charge is 0.481 e. The molecular weight excluding hydrogens is 314 g/mol. The highest BCUT2D eigenvalue weighted by Gasteiger charge is 2.40. The Labute approximate surface area is 140 Å². The Bertz CT molecular complexity index is 567. The Hall–Kier alpha value is -1.53. The summed E-state index contributed by atoms with van der Waals surface area (Å²) in [5, 5.41) is 12.7. The maximum absolute atomic E-state index is 12.5. The van der Waals surface area contributed by atoms with Crippen molar-refractivity contribution in [1.82, 2.24) is 5.32 Å². The van der Waals surface area contributed by atoms with E-state index in [1.54, 1.807) is 17.8 Å². The fourth-order valence-electron chi connectivity index (χ4n) is 2.58. The first-order valence-corrected chi connectivity index (χ1v) is 8.67. The lowest BCUT2D eigenvalue weighted by Gasteiger charge is -2.33. The van der Waals surface area contributed by atoms with Crippen LogP contribution in [0.1, 0.15) is 37.0 Å². The predicted molar refractivity (Wildman–Crippen MR) is 89.9 cm³/mol. The molecule has 2 rings (SSSR count). The van der Waals surface area contributed by atoms with Crippen LogP contribution < -0.4 is 5.32 Å². The fourth-order valence-corrected chi connectivity index (χ4v) is 3.54. The minimum Gasteiger partial charge on any atom is -0.481 e. The van der Waals surface area contributed by atoms with Crippen LogP contribution in [0.25, 0.3) is 0 Å². The zero-order chi connectivity index (χ0) is 16.9. The molecule has 0 radical (unpaired) electrons. The average Bonchev–Trinajstić information content (AvgIpc) is 2.53. The van der Waals surface area contributed by atoms with Crippen LogP contribution in [0, 0.1) is 5.41 Å². The van der Waals surface area contributed by atoms with E-state index in [-0.39, 0.29) is 12.5 Å². The lowest BCUT2D eigenvalue weighted by molar-refractivity contribution is -0.154. The summed E-state index contributed by atoms with van der Waals surface area (Å²) in [6.07, 6.45) is 0.843. The molecule has 0 unspecified atom stereocenters. The molecule has 2 N–H and O–H groups in total. The van der Waals surface area contributed by atoms with Crippen molar-refractivity contribution < 1.29 is 19.4 Å². The standard InChI is InChI=1S/C17H23NO4S/c1-12(2)23-14-6-4-3-5-13(14)15(19)18-11-17(16(20)21)7-9-22-10-8-17/h3-6,12H,7-11H2,1-2H3,(H,18,19)(H,20,21). The molecule has 1 heterocycles. The van der Waals surface area contributed by atoms with Gasteiger partial charge in [0.2, 0.25) is 0 Å². The molecule has 0 spiro atoms. The van der Waals surface area contributed by atoms with Crippen LogP contribution in [-0.4, -0.2) is 42.0 Å². The van der Waals surface area contributed by atoms with Gasteiger partial charge in [0, 0.05) is 29.9 Å². The highest BCUT2D eigenvalue weighted by atomic mass is 32.2. The van der Waals surface area contributed by atoms with Crippen LogP contribution in [-0.2, 0) is 9.53 Å². The van der Waals surface area contributed by atoms with Crippen molar-refractivity contribution in [1.29, 1.82) is 0 Å². The third-order valence-electron chi connectivity index (χ3n) is 3.99. The summed E-state index contributed by atoms with van der Waals surface area (Å²) >= 11 is 1.62. The van der Waals surface area contributed by atoms with Gasteiger partial charge in [-0.3, -0.25) is 9.59 Å². The van der Waals surface area contributed by atoms with Gasteiger partial charge in [0.15, 0.2) is 0 Å². The van der Waals surface area contributed by atoms with Gasteiger partial charge in [-0.1, -0.05) is 26.0 Å². The van der Waals surface area contributed by atoms with Gasteiger partial charge < -0.3 is 15.2 Å². The van der Waals surface area contributed by atoms with E-state index in [1.807, 2.05) is 18.2 Å². The summed E-state index contributed by atoms with van der Waals surface area (Å²) in [7, 11) is 0. The van der Waals surface area contributed by atoms with Crippen LogP contribution in [0.3, 0.4) is 0 Å². The summed E-state index contributed by atoms with van der Waals surface area (Å²) in [6.45, 7) is 5.11. The number of carbonyl (C=O) groups excluding carboxylic acids is 1. The van der Waals surface area contributed by atoms with Gasteiger partial charge >= 0.3 is 5.97 Å². The average molecular weight is 337 g/mol. The SMILES string of the molecule is CC(C)Sc1ccccc1C(=O)NCC1(C(=O)O)CCOCC1. The molecule has 6 heteroatoms. The number of hydrogen-bond donors (Lipinski definition) is 2. The maximum Gasteiger partial charge on any atom is 0.311 e. The zero-order valence-corrected chi connectivity index (χ0v) is 14.3. The summed E-state index contributed by atoms with van der Waals surface area (Å²) in [5.41, 5.74) is -0.326. The monoisotopic (exact) mass is 337 g/mol. The summed E-state index contributed by atoms with van der Waals surface area (Å²) < 4.78 is 5.25. The van der Waals surface area contributed by atoms with E-state index in [9.17, 15) is 14.7 Å².